The van der Waals surface area contributed by atoms with E-state index in [9.17, 15) is 9.59 Å². The molecule has 1 aliphatic carbocycles. The van der Waals surface area contributed by atoms with E-state index in [4.69, 9.17) is 10.5 Å². The van der Waals surface area contributed by atoms with Gasteiger partial charge in [-0.2, -0.15) is 0 Å². The van der Waals surface area contributed by atoms with Crippen LogP contribution in [0, 0.1) is 5.92 Å². The summed E-state index contributed by atoms with van der Waals surface area (Å²) in [6, 6.07) is 9.41. The number of likely N-dealkylation sites (tertiary alicyclic amines) is 1. The summed E-state index contributed by atoms with van der Waals surface area (Å²) in [4.78, 5) is 28.8. The molecule has 3 fully saturated rings. The van der Waals surface area contributed by atoms with Gasteiger partial charge in [-0.25, -0.2) is 0 Å². The molecule has 7 heteroatoms. The molecular formula is C26H40N4O3. The Hall–Kier alpha value is -1.96. The molecule has 3 aliphatic rings. The third-order valence-corrected chi connectivity index (χ3v) is 7.64. The molecule has 0 unspecified atom stereocenters. The average molecular weight is 457 g/mol. The van der Waals surface area contributed by atoms with Crippen molar-refractivity contribution in [3.05, 3.63) is 35.9 Å². The first-order chi connectivity index (χ1) is 16.0. The minimum absolute atomic E-state index is 0.100. The Morgan fingerprint density at radius 3 is 2.39 bits per heavy atom. The summed E-state index contributed by atoms with van der Waals surface area (Å²) in [6.45, 7) is 4.91. The van der Waals surface area contributed by atoms with Gasteiger partial charge in [0.15, 0.2) is 0 Å². The van der Waals surface area contributed by atoms with E-state index >= 15 is 0 Å². The van der Waals surface area contributed by atoms with Crippen molar-refractivity contribution in [3.8, 4) is 0 Å². The zero-order valence-corrected chi connectivity index (χ0v) is 19.8. The first-order valence-corrected chi connectivity index (χ1v) is 12.8. The number of nitrogens with zero attached hydrogens (tertiary/aromatic N) is 1. The Morgan fingerprint density at radius 1 is 1.06 bits per heavy atom. The van der Waals surface area contributed by atoms with Crippen LogP contribution in [0.15, 0.2) is 30.3 Å². The minimum Gasteiger partial charge on any atom is -0.381 e. The van der Waals surface area contributed by atoms with E-state index in [1.165, 1.54) is 0 Å². The lowest BCUT2D eigenvalue weighted by atomic mass is 9.96. The Bertz CT molecular complexity index is 767. The van der Waals surface area contributed by atoms with Crippen LogP contribution in [-0.4, -0.2) is 67.2 Å². The number of ether oxygens (including phenoxy) is 1. The first kappa shape index (κ1) is 24.2. The quantitative estimate of drug-likeness (QED) is 0.556. The van der Waals surface area contributed by atoms with Gasteiger partial charge in [0.25, 0.3) is 0 Å². The van der Waals surface area contributed by atoms with Crippen molar-refractivity contribution in [2.24, 2.45) is 11.7 Å². The van der Waals surface area contributed by atoms with Crippen LogP contribution in [0.1, 0.15) is 56.9 Å². The molecule has 182 valence electrons. The van der Waals surface area contributed by atoms with E-state index in [1.807, 2.05) is 30.3 Å². The zero-order chi connectivity index (χ0) is 23.1. The second-order valence-corrected chi connectivity index (χ2v) is 10.2. The second kappa shape index (κ2) is 11.4. The zero-order valence-electron chi connectivity index (χ0n) is 19.8. The third kappa shape index (κ3) is 6.78. The molecular weight excluding hydrogens is 416 g/mol. The lowest BCUT2D eigenvalue weighted by Crippen LogP contribution is -2.59. The molecule has 0 radical (unpaired) electrons. The van der Waals surface area contributed by atoms with Gasteiger partial charge >= 0.3 is 0 Å². The lowest BCUT2D eigenvalue weighted by Gasteiger charge is -2.36. The molecule has 2 saturated heterocycles. The largest absolute Gasteiger partial charge is 0.381 e. The monoisotopic (exact) mass is 456 g/mol. The van der Waals surface area contributed by atoms with Gasteiger partial charge in [-0.1, -0.05) is 43.2 Å². The number of nitrogens with one attached hydrogen (secondary N) is 2. The van der Waals surface area contributed by atoms with Crippen LogP contribution in [0.25, 0.3) is 0 Å². The number of carbonyl (C=O) groups is 2. The van der Waals surface area contributed by atoms with Crippen molar-refractivity contribution in [2.45, 2.75) is 75.4 Å². The van der Waals surface area contributed by atoms with Crippen LogP contribution in [0.2, 0.25) is 0 Å². The number of hydrogen-bond acceptors (Lipinski definition) is 5. The molecule has 1 saturated carbocycles. The molecule has 2 aliphatic heterocycles. The number of benzene rings is 1. The van der Waals surface area contributed by atoms with Crippen molar-refractivity contribution >= 4 is 11.8 Å². The highest BCUT2D eigenvalue weighted by molar-refractivity contribution is 5.92. The maximum atomic E-state index is 13.3. The van der Waals surface area contributed by atoms with Crippen LogP contribution in [-0.2, 0) is 20.7 Å². The number of piperidine rings is 1. The second-order valence-electron chi connectivity index (χ2n) is 10.2. The molecule has 0 aromatic heterocycles. The molecule has 0 spiro atoms. The van der Waals surface area contributed by atoms with Crippen LogP contribution >= 0.6 is 0 Å². The van der Waals surface area contributed by atoms with Gasteiger partial charge in [-0.3, -0.25) is 9.59 Å². The predicted molar refractivity (Wildman–Crippen MR) is 129 cm³/mol. The van der Waals surface area contributed by atoms with Gasteiger partial charge < -0.3 is 26.0 Å². The standard InChI is InChI=1S/C26H40N4O3/c27-26(12-4-5-13-26)25(32)29-23(18-20-6-2-1-3-7-20)24(31)28-22-8-14-30(15-9-22)19-21-10-16-33-17-11-21/h1-3,6-7,21-23H,4-5,8-19,27H2,(H,28,31)(H,29,32)/t23-/m1/s1. The third-order valence-electron chi connectivity index (χ3n) is 7.64. The van der Waals surface area contributed by atoms with E-state index in [2.05, 4.69) is 15.5 Å². The fourth-order valence-corrected chi connectivity index (χ4v) is 5.45. The molecule has 1 aromatic rings. The smallest absolute Gasteiger partial charge is 0.243 e. The van der Waals surface area contributed by atoms with Gasteiger partial charge in [0.05, 0.1) is 5.54 Å². The summed E-state index contributed by atoms with van der Waals surface area (Å²) >= 11 is 0. The Kier molecular flexibility index (Phi) is 8.39. The van der Waals surface area contributed by atoms with Crippen molar-refractivity contribution in [1.82, 2.24) is 15.5 Å². The predicted octanol–water partition coefficient (Wildman–Crippen LogP) is 1.99. The van der Waals surface area contributed by atoms with E-state index in [0.29, 0.717) is 19.3 Å². The summed E-state index contributed by atoms with van der Waals surface area (Å²) in [5, 5.41) is 6.23. The molecule has 0 bridgehead atoms. The van der Waals surface area contributed by atoms with Crippen LogP contribution < -0.4 is 16.4 Å². The number of carbonyl (C=O) groups excluding carboxylic acids is 2. The summed E-state index contributed by atoms with van der Waals surface area (Å²) in [6.07, 6.45) is 7.97. The van der Waals surface area contributed by atoms with Crippen LogP contribution in [0.4, 0.5) is 0 Å². The summed E-state index contributed by atoms with van der Waals surface area (Å²) in [5.41, 5.74) is 6.55. The fraction of sp³-hybridized carbons (Fsp3) is 0.692. The molecule has 2 amide bonds. The fourth-order valence-electron chi connectivity index (χ4n) is 5.45. The molecule has 4 rings (SSSR count). The highest BCUT2D eigenvalue weighted by atomic mass is 16.5. The average Bonchev–Trinajstić information content (AvgIpc) is 3.29. The Balaban J connectivity index is 1.31. The van der Waals surface area contributed by atoms with E-state index in [-0.39, 0.29) is 17.9 Å². The molecule has 7 nitrogen and oxygen atoms in total. The van der Waals surface area contributed by atoms with Crippen LogP contribution in [0.5, 0.6) is 0 Å². The summed E-state index contributed by atoms with van der Waals surface area (Å²) in [5.74, 6) is 0.438. The molecule has 33 heavy (non-hydrogen) atoms. The number of nitrogens with two attached hydrogens (primary N) is 1. The van der Waals surface area contributed by atoms with Crippen molar-refractivity contribution < 1.29 is 14.3 Å². The van der Waals surface area contributed by atoms with Gasteiger partial charge in [-0.15, -0.1) is 0 Å². The van der Waals surface area contributed by atoms with Gasteiger partial charge in [0.2, 0.25) is 11.8 Å². The number of hydrogen-bond donors (Lipinski definition) is 3. The topological polar surface area (TPSA) is 96.7 Å². The van der Waals surface area contributed by atoms with Gasteiger partial charge in [0, 0.05) is 45.3 Å². The van der Waals surface area contributed by atoms with E-state index in [1.54, 1.807) is 0 Å². The highest BCUT2D eigenvalue weighted by Crippen LogP contribution is 2.27. The van der Waals surface area contributed by atoms with Crippen molar-refractivity contribution in [1.29, 1.82) is 0 Å². The molecule has 2 heterocycles. The first-order valence-electron chi connectivity index (χ1n) is 12.8. The van der Waals surface area contributed by atoms with Crippen LogP contribution in [0.3, 0.4) is 0 Å². The number of rotatable bonds is 8. The summed E-state index contributed by atoms with van der Waals surface area (Å²) in [7, 11) is 0. The normalized spacial score (nSPS) is 23.2. The van der Waals surface area contributed by atoms with E-state index in [0.717, 1.165) is 82.9 Å². The Morgan fingerprint density at radius 2 is 1.73 bits per heavy atom. The van der Waals surface area contributed by atoms with Crippen molar-refractivity contribution in [2.75, 3.05) is 32.8 Å². The van der Waals surface area contributed by atoms with E-state index < -0.39 is 11.6 Å². The summed E-state index contributed by atoms with van der Waals surface area (Å²) < 4.78 is 5.48. The molecule has 1 atom stereocenters. The van der Waals surface area contributed by atoms with Gasteiger partial charge in [0.1, 0.15) is 6.04 Å². The van der Waals surface area contributed by atoms with Crippen molar-refractivity contribution in [3.63, 3.8) is 0 Å². The minimum atomic E-state index is -0.843. The number of amides is 2. The molecule has 1 aromatic carbocycles. The lowest BCUT2D eigenvalue weighted by molar-refractivity contribution is -0.132. The SMILES string of the molecule is NC1(C(=O)N[C@H](Cc2ccccc2)C(=O)NC2CCN(CC3CCOCC3)CC2)CCCC1. The Labute approximate surface area is 197 Å². The molecule has 4 N–H and O–H groups in total. The highest BCUT2D eigenvalue weighted by Gasteiger charge is 2.39. The van der Waals surface area contributed by atoms with Gasteiger partial charge in [-0.05, 0) is 50.0 Å². The maximum Gasteiger partial charge on any atom is 0.243 e. The maximum absolute atomic E-state index is 13.3.